The third-order valence-corrected chi connectivity index (χ3v) is 0. The molecule has 0 saturated heterocycles. The summed E-state index contributed by atoms with van der Waals surface area (Å²) in [5.41, 5.74) is 0. The van der Waals surface area contributed by atoms with E-state index in [4.69, 9.17) is 10.2 Å². The zero-order chi connectivity index (χ0) is 2.71. The van der Waals surface area contributed by atoms with E-state index >= 15 is 0 Å². The molecule has 0 aromatic carbocycles. The molecular formula is CH2Na2O2. The minimum atomic E-state index is -1.25. The van der Waals surface area contributed by atoms with Gasteiger partial charge >= 0.3 is 59.1 Å². The molecule has 0 bridgehead atoms. The van der Waals surface area contributed by atoms with Gasteiger partial charge in [0.1, 0.15) is 0 Å². The molecule has 0 saturated carbocycles. The van der Waals surface area contributed by atoms with Crippen LogP contribution in [0.1, 0.15) is 0 Å². The van der Waals surface area contributed by atoms with Crippen molar-refractivity contribution in [3.63, 3.8) is 0 Å². The van der Waals surface area contributed by atoms with E-state index in [0.29, 0.717) is 0 Å². The molecule has 2 nitrogen and oxygen atoms in total. The maximum absolute atomic E-state index is 8.38. The van der Waals surface area contributed by atoms with Gasteiger partial charge in [0.05, 0.1) is 0 Å². The van der Waals surface area contributed by atoms with Crippen LogP contribution >= 0.6 is 0 Å². The minimum absolute atomic E-state index is 0. The Morgan fingerprint density at radius 3 is 1.00 bits per heavy atom. The molecule has 0 aliphatic carbocycles. The predicted octanol–water partition coefficient (Wildman–Crippen LogP) is -8.33. The van der Waals surface area contributed by atoms with E-state index in [-0.39, 0.29) is 59.1 Å². The first kappa shape index (κ1) is 15.8. The van der Waals surface area contributed by atoms with E-state index in [9.17, 15) is 0 Å². The second kappa shape index (κ2) is 16.8. The van der Waals surface area contributed by atoms with Gasteiger partial charge in [-0.1, -0.05) is 0 Å². The summed E-state index contributed by atoms with van der Waals surface area (Å²) in [5, 5.41) is 16.8. The molecule has 5 heavy (non-hydrogen) atoms. The van der Waals surface area contributed by atoms with Crippen LogP contribution in [-0.4, -0.2) is 6.79 Å². The van der Waals surface area contributed by atoms with Crippen LogP contribution in [0.5, 0.6) is 0 Å². The monoisotopic (exact) mass is 92.0 g/mol. The van der Waals surface area contributed by atoms with E-state index in [1.54, 1.807) is 0 Å². The van der Waals surface area contributed by atoms with Gasteiger partial charge in [0.25, 0.3) is 0 Å². The molecule has 0 amide bonds. The van der Waals surface area contributed by atoms with Crippen molar-refractivity contribution in [2.45, 2.75) is 0 Å². The normalized spacial score (nSPS) is 3.60. The maximum Gasteiger partial charge on any atom is 1.00 e. The fourth-order valence-corrected chi connectivity index (χ4v) is 0. The summed E-state index contributed by atoms with van der Waals surface area (Å²) in [5.74, 6) is 0. The Kier molecular flexibility index (Phi) is 53.1. The third-order valence-electron chi connectivity index (χ3n) is 0. The Morgan fingerprint density at radius 2 is 1.00 bits per heavy atom. The Labute approximate surface area is 75.2 Å². The Balaban J connectivity index is -0.0000000200. The van der Waals surface area contributed by atoms with Crippen LogP contribution in [0.4, 0.5) is 0 Å². The minimum Gasteiger partial charge on any atom is -0.868 e. The van der Waals surface area contributed by atoms with Crippen molar-refractivity contribution in [1.29, 1.82) is 0 Å². The van der Waals surface area contributed by atoms with E-state index in [0.717, 1.165) is 0 Å². The zero-order valence-electron chi connectivity index (χ0n) is 3.52. The Bertz CT molecular complexity index is 7.61. The molecule has 0 radical (unpaired) electrons. The molecule has 0 heterocycles. The first-order chi connectivity index (χ1) is 1.41. The van der Waals surface area contributed by atoms with Crippen LogP contribution in [0.3, 0.4) is 0 Å². The van der Waals surface area contributed by atoms with Gasteiger partial charge in [-0.3, -0.25) is 0 Å². The average molecular weight is 92.0 g/mol. The van der Waals surface area contributed by atoms with Crippen molar-refractivity contribution in [3.05, 3.63) is 0 Å². The summed E-state index contributed by atoms with van der Waals surface area (Å²) >= 11 is 0. The van der Waals surface area contributed by atoms with Crippen molar-refractivity contribution in [1.82, 2.24) is 0 Å². The van der Waals surface area contributed by atoms with Crippen LogP contribution in [0.2, 0.25) is 0 Å². The topological polar surface area (TPSA) is 46.1 Å². The average Bonchev–Trinajstić information content (AvgIpc) is 0.918. The predicted molar refractivity (Wildman–Crippen MR) is 4.87 cm³/mol. The van der Waals surface area contributed by atoms with E-state index in [1.165, 1.54) is 0 Å². The van der Waals surface area contributed by atoms with E-state index < -0.39 is 6.79 Å². The van der Waals surface area contributed by atoms with Gasteiger partial charge in [-0.15, -0.1) is 0 Å². The van der Waals surface area contributed by atoms with Crippen LogP contribution in [-0.2, 0) is 0 Å². The summed E-state index contributed by atoms with van der Waals surface area (Å²) in [6.45, 7) is -1.25. The van der Waals surface area contributed by atoms with Gasteiger partial charge in [-0.05, 0) is 0 Å². The molecule has 0 aromatic heterocycles. The molecule has 4 heteroatoms. The second-order valence-corrected chi connectivity index (χ2v) is 0.118. The van der Waals surface area contributed by atoms with Gasteiger partial charge in [-0.25, -0.2) is 6.79 Å². The van der Waals surface area contributed by atoms with E-state index in [1.807, 2.05) is 0 Å². The molecule has 0 rings (SSSR count). The summed E-state index contributed by atoms with van der Waals surface area (Å²) < 4.78 is 0. The summed E-state index contributed by atoms with van der Waals surface area (Å²) in [7, 11) is 0. The molecule has 0 aliphatic rings. The first-order valence-electron chi connectivity index (χ1n) is 0.577. The standard InChI is InChI=1S/CH2O2.2Na/c2-1-3;;/h1H2;;/q-2;2*+1. The van der Waals surface area contributed by atoms with Crippen LogP contribution in [0.25, 0.3) is 0 Å². The fraction of sp³-hybridized carbons (Fsp3) is 1.00. The second-order valence-electron chi connectivity index (χ2n) is 0.118. The summed E-state index contributed by atoms with van der Waals surface area (Å²) in [6, 6.07) is 0. The molecular weight excluding hydrogens is 90.0 g/mol. The van der Waals surface area contributed by atoms with Crippen molar-refractivity contribution < 1.29 is 69.3 Å². The largest absolute Gasteiger partial charge is 1.00 e. The number of hydrogen-bond acceptors (Lipinski definition) is 2. The maximum atomic E-state index is 8.38. The first-order valence-corrected chi connectivity index (χ1v) is 0.577. The molecule has 0 fully saturated rings. The Hall–Kier alpha value is 1.92. The molecule has 20 valence electrons. The van der Waals surface area contributed by atoms with Crippen molar-refractivity contribution >= 4 is 0 Å². The van der Waals surface area contributed by atoms with Gasteiger partial charge in [0.15, 0.2) is 0 Å². The summed E-state index contributed by atoms with van der Waals surface area (Å²) in [4.78, 5) is 0. The van der Waals surface area contributed by atoms with Gasteiger partial charge in [0.2, 0.25) is 0 Å². The SMILES string of the molecule is [Na+].[Na+].[O-]C[O-]. The quantitative estimate of drug-likeness (QED) is 0.220. The van der Waals surface area contributed by atoms with Crippen molar-refractivity contribution in [2.75, 3.05) is 6.79 Å². The van der Waals surface area contributed by atoms with E-state index in [2.05, 4.69) is 0 Å². The smallest absolute Gasteiger partial charge is 0.868 e. The van der Waals surface area contributed by atoms with Crippen molar-refractivity contribution in [2.24, 2.45) is 0 Å². The fourth-order valence-electron chi connectivity index (χ4n) is 0. The third kappa shape index (κ3) is 24.7. The summed E-state index contributed by atoms with van der Waals surface area (Å²) in [6.07, 6.45) is 0. The molecule has 0 aromatic rings. The number of rotatable bonds is 0. The molecule has 0 unspecified atom stereocenters. The van der Waals surface area contributed by atoms with Crippen LogP contribution < -0.4 is 69.3 Å². The Morgan fingerprint density at radius 1 is 1.00 bits per heavy atom. The van der Waals surface area contributed by atoms with Gasteiger partial charge < -0.3 is 10.2 Å². The molecule has 0 aliphatic heterocycles. The van der Waals surface area contributed by atoms with Crippen LogP contribution in [0, 0.1) is 0 Å². The van der Waals surface area contributed by atoms with Crippen molar-refractivity contribution in [3.8, 4) is 0 Å². The van der Waals surface area contributed by atoms with Gasteiger partial charge in [-0.2, -0.15) is 0 Å². The number of hydrogen-bond donors (Lipinski definition) is 0. The molecule has 0 spiro atoms. The zero-order valence-corrected chi connectivity index (χ0v) is 7.52. The molecule has 0 N–H and O–H groups in total. The van der Waals surface area contributed by atoms with Gasteiger partial charge in [0, 0.05) is 0 Å². The van der Waals surface area contributed by atoms with Crippen LogP contribution in [0.15, 0.2) is 0 Å². The molecule has 0 atom stereocenters.